The molecule has 12 heteroatoms. The van der Waals surface area contributed by atoms with Crippen molar-refractivity contribution in [1.82, 2.24) is 9.80 Å². The van der Waals surface area contributed by atoms with Crippen LogP contribution in [0.4, 0.5) is 10.1 Å². The number of amides is 2. The number of fused-ring (bicyclic) bond motifs is 1. The zero-order chi connectivity index (χ0) is 28.5. The Morgan fingerprint density at radius 1 is 1.24 bits per heavy atom. The van der Waals surface area contributed by atoms with E-state index in [9.17, 15) is 38.9 Å². The molecule has 206 valence electrons. The second-order valence-corrected chi connectivity index (χ2v) is 9.61. The predicted octanol–water partition coefficient (Wildman–Crippen LogP) is 1.10. The predicted molar refractivity (Wildman–Crippen MR) is 136 cm³/mol. The molecule has 2 amide bonds. The number of hydrogen-bond donors (Lipinski definition) is 5. The van der Waals surface area contributed by atoms with Crippen molar-refractivity contribution in [1.29, 1.82) is 0 Å². The Morgan fingerprint density at radius 2 is 1.87 bits per heavy atom. The number of carboxylic acids is 2. The quantitative estimate of drug-likeness (QED) is 0.262. The van der Waals surface area contributed by atoms with Gasteiger partial charge in [-0.05, 0) is 56.8 Å². The first kappa shape index (κ1) is 28.8. The fourth-order valence-corrected chi connectivity index (χ4v) is 5.69. The number of carboxylic acid groups (broad SMARTS) is 2. The normalized spacial score (nSPS) is 23.6. The van der Waals surface area contributed by atoms with Crippen molar-refractivity contribution in [2.75, 3.05) is 31.5 Å². The summed E-state index contributed by atoms with van der Waals surface area (Å²) in [5, 5.41) is 32.8. The monoisotopic (exact) mass is 532 g/mol. The lowest BCUT2D eigenvalue weighted by Gasteiger charge is -2.46. The van der Waals surface area contributed by atoms with Gasteiger partial charge < -0.3 is 36.2 Å². The van der Waals surface area contributed by atoms with Gasteiger partial charge in [-0.1, -0.05) is 13.8 Å². The molecule has 0 saturated carbocycles. The van der Waals surface area contributed by atoms with E-state index in [1.54, 1.807) is 11.8 Å². The Kier molecular flexibility index (Phi) is 8.27. The van der Waals surface area contributed by atoms with Crippen LogP contribution in [-0.2, 0) is 19.2 Å². The van der Waals surface area contributed by atoms with E-state index in [0.29, 0.717) is 30.9 Å². The third kappa shape index (κ3) is 4.88. The van der Waals surface area contributed by atoms with E-state index in [1.807, 2.05) is 18.7 Å². The number of nitrogens with zero attached hydrogens (tertiary/aromatic N) is 2. The highest BCUT2D eigenvalue weighted by Crippen LogP contribution is 2.49. The molecule has 4 atom stereocenters. The van der Waals surface area contributed by atoms with E-state index in [4.69, 9.17) is 5.73 Å². The molecule has 0 aliphatic carbocycles. The van der Waals surface area contributed by atoms with Crippen LogP contribution in [0.5, 0.6) is 0 Å². The number of nitrogens with two attached hydrogens (primary N) is 1. The van der Waals surface area contributed by atoms with Gasteiger partial charge in [0.2, 0.25) is 5.91 Å². The lowest BCUT2D eigenvalue weighted by Crippen LogP contribution is -2.62. The minimum Gasteiger partial charge on any atom is -0.481 e. The number of anilines is 1. The SMILES string of the molecule is CCN(CC)CCN1C(/C=C2\C(=O)Nc3ccc(F)cc32)=C(C)C(C(N)=O)C1(C)C(C(=O)O)C(O)C(=O)O. The summed E-state index contributed by atoms with van der Waals surface area (Å²) >= 11 is 0. The van der Waals surface area contributed by atoms with Gasteiger partial charge in [0, 0.05) is 30.0 Å². The molecule has 0 saturated heterocycles. The first-order valence-corrected chi connectivity index (χ1v) is 12.3. The van der Waals surface area contributed by atoms with Crippen molar-refractivity contribution in [2.45, 2.75) is 39.3 Å². The Bertz CT molecular complexity index is 1230. The summed E-state index contributed by atoms with van der Waals surface area (Å²) in [6.07, 6.45) is -0.925. The van der Waals surface area contributed by atoms with E-state index >= 15 is 0 Å². The number of carbonyl (C=O) groups is 4. The fourth-order valence-electron chi connectivity index (χ4n) is 5.69. The van der Waals surface area contributed by atoms with Gasteiger partial charge in [0.1, 0.15) is 11.7 Å². The number of hydrogen-bond acceptors (Lipinski definition) is 7. The van der Waals surface area contributed by atoms with Crippen molar-refractivity contribution < 1.29 is 38.9 Å². The molecule has 1 aromatic rings. The number of aliphatic hydroxyl groups excluding tert-OH is 1. The largest absolute Gasteiger partial charge is 0.481 e. The maximum atomic E-state index is 14.1. The summed E-state index contributed by atoms with van der Waals surface area (Å²) in [4.78, 5) is 53.5. The van der Waals surface area contributed by atoms with Crippen LogP contribution in [0.3, 0.4) is 0 Å². The molecule has 0 radical (unpaired) electrons. The molecule has 2 aliphatic heterocycles. The third-order valence-corrected chi connectivity index (χ3v) is 7.62. The van der Waals surface area contributed by atoms with E-state index < -0.39 is 53.0 Å². The molecule has 38 heavy (non-hydrogen) atoms. The van der Waals surface area contributed by atoms with Crippen LogP contribution in [-0.4, -0.2) is 86.7 Å². The standard InChI is InChI=1S/C26H33FN4O7/c1-5-30(6-2)9-10-31-18(12-16-15-11-14(27)7-8-17(15)29-23(16)34)13(3)19(22(28)33)26(31,4)20(24(35)36)21(32)25(37)38/h7-8,11-12,19-21,32H,5-6,9-10H2,1-4H3,(H2,28,33)(H,29,34)(H,35,36)(H,37,38)/b16-12-. The lowest BCUT2D eigenvalue weighted by atomic mass is 9.71. The van der Waals surface area contributed by atoms with Crippen LogP contribution in [0.2, 0.25) is 0 Å². The van der Waals surface area contributed by atoms with Gasteiger partial charge in [0.25, 0.3) is 5.91 Å². The van der Waals surface area contributed by atoms with Crippen molar-refractivity contribution in [3.05, 3.63) is 46.9 Å². The second kappa shape index (κ2) is 10.9. The Labute approximate surface area is 219 Å². The van der Waals surface area contributed by atoms with Crippen LogP contribution < -0.4 is 11.1 Å². The van der Waals surface area contributed by atoms with Gasteiger partial charge in [-0.15, -0.1) is 0 Å². The third-order valence-electron chi connectivity index (χ3n) is 7.62. The molecule has 3 rings (SSSR count). The summed E-state index contributed by atoms with van der Waals surface area (Å²) in [6.45, 7) is 8.63. The molecule has 2 aliphatic rings. The first-order chi connectivity index (χ1) is 17.8. The smallest absolute Gasteiger partial charge is 0.333 e. The highest BCUT2D eigenvalue weighted by molar-refractivity contribution is 6.31. The van der Waals surface area contributed by atoms with Crippen LogP contribution in [0.15, 0.2) is 35.5 Å². The maximum absolute atomic E-state index is 14.1. The zero-order valence-electron chi connectivity index (χ0n) is 21.7. The fraction of sp³-hybridized carbons (Fsp3) is 0.462. The van der Waals surface area contributed by atoms with Crippen LogP contribution >= 0.6 is 0 Å². The van der Waals surface area contributed by atoms with Gasteiger partial charge in [0.15, 0.2) is 6.10 Å². The Hall–Kier alpha value is -3.77. The molecule has 6 N–H and O–H groups in total. The van der Waals surface area contributed by atoms with Crippen molar-refractivity contribution >= 4 is 35.0 Å². The van der Waals surface area contributed by atoms with Crippen LogP contribution in [0.25, 0.3) is 5.57 Å². The lowest BCUT2D eigenvalue weighted by molar-refractivity contribution is -0.168. The van der Waals surface area contributed by atoms with Crippen molar-refractivity contribution in [3.63, 3.8) is 0 Å². The summed E-state index contributed by atoms with van der Waals surface area (Å²) in [7, 11) is 0. The molecule has 1 aromatic carbocycles. The van der Waals surface area contributed by atoms with E-state index in [2.05, 4.69) is 5.32 Å². The molecule has 0 aromatic heterocycles. The number of rotatable bonds is 11. The van der Waals surface area contributed by atoms with E-state index in [1.165, 1.54) is 31.2 Å². The number of aliphatic carboxylic acids is 2. The molecule has 0 fully saturated rings. The number of halogens is 1. The Morgan fingerprint density at radius 3 is 2.39 bits per heavy atom. The number of likely N-dealkylation sites (N-methyl/N-ethyl adjacent to an activating group) is 1. The highest BCUT2D eigenvalue weighted by atomic mass is 19.1. The molecule has 2 heterocycles. The first-order valence-electron chi connectivity index (χ1n) is 12.3. The molecular formula is C26H33FN4O7. The number of benzene rings is 1. The Balaban J connectivity index is 2.27. The average molecular weight is 533 g/mol. The number of allylic oxidation sites excluding steroid dienone is 1. The summed E-state index contributed by atoms with van der Waals surface area (Å²) in [5.41, 5.74) is 5.26. The van der Waals surface area contributed by atoms with Gasteiger partial charge >= 0.3 is 11.9 Å². The minimum absolute atomic E-state index is 0.0832. The van der Waals surface area contributed by atoms with E-state index in [-0.39, 0.29) is 23.4 Å². The summed E-state index contributed by atoms with van der Waals surface area (Å²) < 4.78 is 14.1. The highest BCUT2D eigenvalue weighted by Gasteiger charge is 2.60. The average Bonchev–Trinajstić information content (AvgIpc) is 3.24. The second-order valence-electron chi connectivity index (χ2n) is 9.61. The molecule has 0 bridgehead atoms. The van der Waals surface area contributed by atoms with E-state index in [0.717, 1.165) is 0 Å². The molecule has 11 nitrogen and oxygen atoms in total. The number of nitrogens with one attached hydrogen (secondary N) is 1. The van der Waals surface area contributed by atoms with Gasteiger partial charge in [-0.2, -0.15) is 0 Å². The summed E-state index contributed by atoms with van der Waals surface area (Å²) in [5.74, 6) is -8.71. The van der Waals surface area contributed by atoms with Crippen LogP contribution in [0, 0.1) is 17.7 Å². The molecule has 4 unspecified atom stereocenters. The maximum Gasteiger partial charge on any atom is 0.333 e. The molecular weight excluding hydrogens is 499 g/mol. The number of primary amides is 1. The number of carbonyl (C=O) groups excluding carboxylic acids is 2. The van der Waals surface area contributed by atoms with Gasteiger partial charge in [-0.3, -0.25) is 14.4 Å². The number of aliphatic hydroxyl groups is 1. The summed E-state index contributed by atoms with van der Waals surface area (Å²) in [6, 6.07) is 3.80. The topological polar surface area (TPSA) is 173 Å². The van der Waals surface area contributed by atoms with Crippen molar-refractivity contribution in [2.24, 2.45) is 17.6 Å². The van der Waals surface area contributed by atoms with Crippen molar-refractivity contribution in [3.8, 4) is 0 Å². The molecule has 0 spiro atoms. The minimum atomic E-state index is -2.36. The zero-order valence-corrected chi connectivity index (χ0v) is 21.7. The van der Waals surface area contributed by atoms with Gasteiger partial charge in [-0.25, -0.2) is 9.18 Å². The van der Waals surface area contributed by atoms with Crippen LogP contribution in [0.1, 0.15) is 33.3 Å². The van der Waals surface area contributed by atoms with Gasteiger partial charge in [0.05, 0.1) is 17.0 Å².